The van der Waals surface area contributed by atoms with Gasteiger partial charge in [-0.3, -0.25) is 4.79 Å². The molecule has 1 saturated carbocycles. The fraction of sp³-hybridized carbons (Fsp3) is 0.562. The number of hydrogen-bond donors (Lipinski definition) is 2. The van der Waals surface area contributed by atoms with E-state index in [1.54, 1.807) is 0 Å². The molecule has 2 fully saturated rings. The molecule has 1 aromatic rings. The van der Waals surface area contributed by atoms with Crippen LogP contribution in [0.25, 0.3) is 0 Å². The molecule has 0 radical (unpaired) electrons. The average Bonchev–Trinajstić information content (AvgIpc) is 3.27. The minimum atomic E-state index is 0. The van der Waals surface area contributed by atoms with E-state index >= 15 is 0 Å². The van der Waals surface area contributed by atoms with E-state index in [2.05, 4.69) is 34.9 Å². The van der Waals surface area contributed by atoms with E-state index in [4.69, 9.17) is 0 Å². The summed E-state index contributed by atoms with van der Waals surface area (Å²) in [6.07, 6.45) is 5.73. The fourth-order valence-electron chi connectivity index (χ4n) is 2.64. The van der Waals surface area contributed by atoms with E-state index in [1.165, 1.54) is 24.2 Å². The molecule has 5 heteroatoms. The Labute approximate surface area is 137 Å². The van der Waals surface area contributed by atoms with Crippen LogP contribution in [0.5, 0.6) is 0 Å². The Morgan fingerprint density at radius 2 is 2.05 bits per heavy atom. The summed E-state index contributed by atoms with van der Waals surface area (Å²) in [4.78, 5) is 13.4. The number of thioether (sulfide) groups is 1. The van der Waals surface area contributed by atoms with Gasteiger partial charge >= 0.3 is 0 Å². The van der Waals surface area contributed by atoms with Crippen LogP contribution < -0.4 is 10.6 Å². The largest absolute Gasteiger partial charge is 0.353 e. The molecule has 1 saturated heterocycles. The Bertz CT molecular complexity index is 459. The van der Waals surface area contributed by atoms with Crippen molar-refractivity contribution in [2.45, 2.75) is 47.8 Å². The molecule has 1 aliphatic heterocycles. The molecule has 1 amide bonds. The molecule has 1 heterocycles. The van der Waals surface area contributed by atoms with Crippen LogP contribution in [-0.4, -0.2) is 29.8 Å². The molecular weight excluding hydrogens is 304 g/mol. The molecule has 1 unspecified atom stereocenters. The number of nitrogens with one attached hydrogen (secondary N) is 2. The van der Waals surface area contributed by atoms with Gasteiger partial charge in [-0.05, 0) is 44.4 Å². The average molecular weight is 327 g/mol. The molecule has 0 aromatic heterocycles. The summed E-state index contributed by atoms with van der Waals surface area (Å²) in [5.41, 5.74) is 0. The molecule has 1 aromatic carbocycles. The summed E-state index contributed by atoms with van der Waals surface area (Å²) in [6.45, 7) is 1.77. The number of benzene rings is 1. The number of carbonyl (C=O) groups is 1. The molecule has 116 valence electrons. The predicted molar refractivity (Wildman–Crippen MR) is 90.2 cm³/mol. The van der Waals surface area contributed by atoms with Crippen molar-refractivity contribution in [3.63, 3.8) is 0 Å². The first kappa shape index (κ1) is 16.7. The second-order valence-corrected chi connectivity index (χ2v) is 7.36. The van der Waals surface area contributed by atoms with Crippen molar-refractivity contribution < 1.29 is 4.79 Å². The van der Waals surface area contributed by atoms with Gasteiger partial charge < -0.3 is 10.6 Å². The lowest BCUT2D eigenvalue weighted by molar-refractivity contribution is -0.123. The third-order valence-corrected chi connectivity index (χ3v) is 5.59. The lowest BCUT2D eigenvalue weighted by Crippen LogP contribution is -2.48. The van der Waals surface area contributed by atoms with Gasteiger partial charge in [0.2, 0.25) is 5.91 Å². The minimum absolute atomic E-state index is 0. The molecule has 1 aliphatic carbocycles. The number of hydrogen-bond acceptors (Lipinski definition) is 3. The topological polar surface area (TPSA) is 41.1 Å². The minimum Gasteiger partial charge on any atom is -0.353 e. The molecule has 1 atom stereocenters. The fourth-order valence-corrected chi connectivity index (χ4v) is 3.88. The van der Waals surface area contributed by atoms with Gasteiger partial charge in [0.25, 0.3) is 0 Å². The number of rotatable bonds is 5. The maximum absolute atomic E-state index is 12.1. The Morgan fingerprint density at radius 1 is 1.29 bits per heavy atom. The van der Waals surface area contributed by atoms with Gasteiger partial charge in [0.05, 0.1) is 6.04 Å². The van der Waals surface area contributed by atoms with Crippen LogP contribution in [0.3, 0.4) is 0 Å². The van der Waals surface area contributed by atoms with E-state index < -0.39 is 0 Å². The quantitative estimate of drug-likeness (QED) is 0.874. The smallest absolute Gasteiger partial charge is 0.237 e. The molecule has 2 aliphatic rings. The molecular formula is C16H23ClN2OS. The molecule has 0 spiro atoms. The maximum Gasteiger partial charge on any atom is 0.237 e. The van der Waals surface area contributed by atoms with E-state index in [1.807, 2.05) is 17.8 Å². The molecule has 3 nitrogen and oxygen atoms in total. The number of halogens is 1. The zero-order chi connectivity index (χ0) is 13.8. The first-order chi connectivity index (χ1) is 9.77. The highest BCUT2D eigenvalue weighted by Crippen LogP contribution is 2.51. The lowest BCUT2D eigenvalue weighted by Gasteiger charge is -2.24. The number of piperidine rings is 1. The summed E-state index contributed by atoms with van der Waals surface area (Å²) in [6, 6.07) is 10.5. The van der Waals surface area contributed by atoms with Crippen LogP contribution in [0.15, 0.2) is 35.2 Å². The third kappa shape index (κ3) is 4.63. The predicted octanol–water partition coefficient (Wildman–Crippen LogP) is 2.99. The first-order valence-corrected chi connectivity index (χ1v) is 8.34. The lowest BCUT2D eigenvalue weighted by atomic mass is 10.0. The highest BCUT2D eigenvalue weighted by atomic mass is 35.5. The molecule has 2 N–H and O–H groups in total. The second-order valence-electron chi connectivity index (χ2n) is 5.82. The van der Waals surface area contributed by atoms with Gasteiger partial charge in [0, 0.05) is 16.2 Å². The van der Waals surface area contributed by atoms with E-state index in [0.717, 1.165) is 25.9 Å². The van der Waals surface area contributed by atoms with Crippen molar-refractivity contribution in [3.8, 4) is 0 Å². The van der Waals surface area contributed by atoms with Crippen LogP contribution in [0, 0.1) is 0 Å². The van der Waals surface area contributed by atoms with Crippen molar-refractivity contribution in [3.05, 3.63) is 30.3 Å². The van der Waals surface area contributed by atoms with Gasteiger partial charge in [0.15, 0.2) is 0 Å². The zero-order valence-electron chi connectivity index (χ0n) is 12.1. The van der Waals surface area contributed by atoms with Gasteiger partial charge in [-0.2, -0.15) is 0 Å². The Balaban J connectivity index is 0.00000161. The zero-order valence-corrected chi connectivity index (χ0v) is 13.8. The van der Waals surface area contributed by atoms with Crippen LogP contribution in [0.4, 0.5) is 0 Å². The van der Waals surface area contributed by atoms with Gasteiger partial charge in [-0.1, -0.05) is 24.6 Å². The Kier molecular flexibility index (Phi) is 5.97. The van der Waals surface area contributed by atoms with E-state index in [9.17, 15) is 4.79 Å². The second kappa shape index (κ2) is 7.52. The van der Waals surface area contributed by atoms with Crippen LogP contribution in [0.2, 0.25) is 0 Å². The Hall–Kier alpha value is -0.710. The summed E-state index contributed by atoms with van der Waals surface area (Å²) >= 11 is 1.91. The summed E-state index contributed by atoms with van der Waals surface area (Å²) in [5, 5.41) is 6.46. The standard InChI is InChI=1S/C16H22N2OS.ClH/c19-15(14-8-4-5-11-17-14)18-12-16(9-10-16)20-13-6-2-1-3-7-13;/h1-3,6-7,14,17H,4-5,8-12H2,(H,18,19);1H. The maximum atomic E-state index is 12.1. The Morgan fingerprint density at radius 3 is 2.67 bits per heavy atom. The van der Waals surface area contributed by atoms with Crippen LogP contribution in [-0.2, 0) is 4.79 Å². The van der Waals surface area contributed by atoms with Crippen LogP contribution >= 0.6 is 24.2 Å². The summed E-state index contributed by atoms with van der Waals surface area (Å²) in [7, 11) is 0. The summed E-state index contributed by atoms with van der Waals surface area (Å²) < 4.78 is 0.242. The van der Waals surface area contributed by atoms with Crippen LogP contribution in [0.1, 0.15) is 32.1 Å². The monoisotopic (exact) mass is 326 g/mol. The SMILES string of the molecule is Cl.O=C(NCC1(Sc2ccccc2)CC1)C1CCCCN1. The van der Waals surface area contributed by atoms with E-state index in [0.29, 0.717) is 0 Å². The molecule has 0 bridgehead atoms. The van der Waals surface area contributed by atoms with Crippen molar-refractivity contribution in [1.29, 1.82) is 0 Å². The van der Waals surface area contributed by atoms with Gasteiger partial charge in [0.1, 0.15) is 0 Å². The van der Waals surface area contributed by atoms with E-state index in [-0.39, 0.29) is 29.1 Å². The number of carbonyl (C=O) groups excluding carboxylic acids is 1. The highest BCUT2D eigenvalue weighted by molar-refractivity contribution is 8.01. The molecule has 21 heavy (non-hydrogen) atoms. The van der Waals surface area contributed by atoms with Crippen molar-refractivity contribution in [2.24, 2.45) is 0 Å². The highest BCUT2D eigenvalue weighted by Gasteiger charge is 2.44. The number of amides is 1. The van der Waals surface area contributed by atoms with Gasteiger partial charge in [-0.25, -0.2) is 0 Å². The normalized spacial score (nSPS) is 23.0. The summed E-state index contributed by atoms with van der Waals surface area (Å²) in [5.74, 6) is 0.185. The third-order valence-electron chi connectivity index (χ3n) is 4.10. The molecule has 3 rings (SSSR count). The van der Waals surface area contributed by atoms with Crippen molar-refractivity contribution in [2.75, 3.05) is 13.1 Å². The van der Waals surface area contributed by atoms with Crippen molar-refractivity contribution in [1.82, 2.24) is 10.6 Å². The van der Waals surface area contributed by atoms with Crippen molar-refractivity contribution >= 4 is 30.1 Å². The first-order valence-electron chi connectivity index (χ1n) is 7.53. The van der Waals surface area contributed by atoms with Gasteiger partial charge in [-0.15, -0.1) is 24.2 Å².